The molecular weight excluding hydrogens is 316 g/mol. The third-order valence-corrected chi connectivity index (χ3v) is 4.29. The molecule has 4 aromatic rings. The van der Waals surface area contributed by atoms with Crippen LogP contribution < -0.4 is 14.9 Å². The zero-order chi connectivity index (χ0) is 17.4. The van der Waals surface area contributed by atoms with Gasteiger partial charge in [0.25, 0.3) is 0 Å². The van der Waals surface area contributed by atoms with E-state index in [-0.39, 0.29) is 5.43 Å². The summed E-state index contributed by atoms with van der Waals surface area (Å²) in [6.07, 6.45) is 0. The van der Waals surface area contributed by atoms with Crippen LogP contribution in [0.1, 0.15) is 0 Å². The summed E-state index contributed by atoms with van der Waals surface area (Å²) in [5.41, 5.74) is 1.23. The molecule has 0 bridgehead atoms. The average Bonchev–Trinajstić information content (AvgIpc) is 2.66. The Morgan fingerprint density at radius 2 is 1.52 bits per heavy atom. The van der Waals surface area contributed by atoms with Crippen molar-refractivity contribution in [2.45, 2.75) is 0 Å². The van der Waals surface area contributed by atoms with Gasteiger partial charge in [0.2, 0.25) is 0 Å². The molecular formula is C21H16O4. The first kappa shape index (κ1) is 15.3. The molecule has 0 amide bonds. The van der Waals surface area contributed by atoms with E-state index >= 15 is 0 Å². The molecule has 0 unspecified atom stereocenters. The molecule has 124 valence electrons. The molecule has 0 N–H and O–H groups in total. The van der Waals surface area contributed by atoms with E-state index in [0.717, 1.165) is 16.3 Å². The second-order valence-electron chi connectivity index (χ2n) is 5.70. The Morgan fingerprint density at radius 3 is 2.32 bits per heavy atom. The van der Waals surface area contributed by atoms with Gasteiger partial charge < -0.3 is 13.9 Å². The fourth-order valence-corrected chi connectivity index (χ4v) is 3.06. The van der Waals surface area contributed by atoms with Crippen LogP contribution in [0.3, 0.4) is 0 Å². The van der Waals surface area contributed by atoms with Crippen LogP contribution in [0.15, 0.2) is 69.9 Å². The molecule has 0 aliphatic carbocycles. The van der Waals surface area contributed by atoms with Crippen LogP contribution in [-0.2, 0) is 0 Å². The lowest BCUT2D eigenvalue weighted by atomic mass is 10.0. The van der Waals surface area contributed by atoms with Crippen LogP contribution in [0.2, 0.25) is 0 Å². The maximum absolute atomic E-state index is 12.6. The van der Waals surface area contributed by atoms with Gasteiger partial charge in [0.1, 0.15) is 11.3 Å². The van der Waals surface area contributed by atoms with E-state index in [9.17, 15) is 4.79 Å². The van der Waals surface area contributed by atoms with E-state index in [1.165, 1.54) is 13.2 Å². The Labute approximate surface area is 144 Å². The van der Waals surface area contributed by atoms with Gasteiger partial charge in [-0.2, -0.15) is 0 Å². The lowest BCUT2D eigenvalue weighted by Crippen LogP contribution is -2.02. The largest absolute Gasteiger partial charge is 0.493 e. The molecule has 0 aliphatic rings. The predicted molar refractivity (Wildman–Crippen MR) is 98.5 cm³/mol. The van der Waals surface area contributed by atoms with Gasteiger partial charge in [-0.05, 0) is 16.8 Å². The quantitative estimate of drug-likeness (QED) is 0.549. The summed E-state index contributed by atoms with van der Waals surface area (Å²) < 4.78 is 16.6. The van der Waals surface area contributed by atoms with Crippen molar-refractivity contribution >= 4 is 21.7 Å². The van der Waals surface area contributed by atoms with E-state index < -0.39 is 0 Å². The van der Waals surface area contributed by atoms with E-state index in [1.807, 2.05) is 42.5 Å². The molecule has 0 radical (unpaired) electrons. The second-order valence-corrected chi connectivity index (χ2v) is 5.70. The van der Waals surface area contributed by atoms with Gasteiger partial charge in [-0.3, -0.25) is 4.79 Å². The first-order valence-corrected chi connectivity index (χ1v) is 7.89. The van der Waals surface area contributed by atoms with Crippen molar-refractivity contribution in [3.05, 3.63) is 70.9 Å². The van der Waals surface area contributed by atoms with Crippen molar-refractivity contribution in [3.63, 3.8) is 0 Å². The van der Waals surface area contributed by atoms with Crippen molar-refractivity contribution < 1.29 is 13.9 Å². The van der Waals surface area contributed by atoms with Gasteiger partial charge in [-0.25, -0.2) is 0 Å². The first-order valence-electron chi connectivity index (χ1n) is 7.89. The maximum Gasteiger partial charge on any atom is 0.193 e. The summed E-state index contributed by atoms with van der Waals surface area (Å²) in [7, 11) is 3.09. The van der Waals surface area contributed by atoms with E-state index in [2.05, 4.69) is 0 Å². The fraction of sp³-hybridized carbons (Fsp3) is 0.0952. The van der Waals surface area contributed by atoms with Crippen LogP contribution in [0.4, 0.5) is 0 Å². The number of fused-ring (bicyclic) bond motifs is 2. The lowest BCUT2D eigenvalue weighted by molar-refractivity contribution is 0.355. The maximum atomic E-state index is 12.6. The van der Waals surface area contributed by atoms with E-state index in [0.29, 0.717) is 28.2 Å². The van der Waals surface area contributed by atoms with Crippen LogP contribution in [0.25, 0.3) is 33.1 Å². The van der Waals surface area contributed by atoms with Gasteiger partial charge in [0.05, 0.1) is 19.6 Å². The summed E-state index contributed by atoms with van der Waals surface area (Å²) in [5, 5.41) is 2.59. The first-order chi connectivity index (χ1) is 12.2. The summed E-state index contributed by atoms with van der Waals surface area (Å²) in [6, 6.07) is 18.8. The number of benzene rings is 3. The van der Waals surface area contributed by atoms with Crippen LogP contribution in [0, 0.1) is 0 Å². The molecule has 1 heterocycles. The summed E-state index contributed by atoms with van der Waals surface area (Å²) >= 11 is 0. The van der Waals surface area contributed by atoms with Crippen molar-refractivity contribution in [2.24, 2.45) is 0 Å². The molecule has 0 spiro atoms. The van der Waals surface area contributed by atoms with Gasteiger partial charge >= 0.3 is 0 Å². The van der Waals surface area contributed by atoms with Gasteiger partial charge in [-0.15, -0.1) is 0 Å². The summed E-state index contributed by atoms with van der Waals surface area (Å²) in [5.74, 6) is 1.55. The van der Waals surface area contributed by atoms with Crippen molar-refractivity contribution in [3.8, 4) is 22.8 Å². The van der Waals surface area contributed by atoms with Crippen molar-refractivity contribution in [1.29, 1.82) is 0 Å². The van der Waals surface area contributed by atoms with E-state index in [1.54, 1.807) is 19.2 Å². The van der Waals surface area contributed by atoms with Gasteiger partial charge in [0.15, 0.2) is 16.9 Å². The second kappa shape index (κ2) is 5.98. The minimum Gasteiger partial charge on any atom is -0.493 e. The summed E-state index contributed by atoms with van der Waals surface area (Å²) in [6.45, 7) is 0. The Hall–Kier alpha value is -3.27. The standard InChI is InChI=1S/C21H16O4/c1-23-20-10-16-17(22)11-18(25-19(16)12-21(20)24-2)15-9-5-7-13-6-3-4-8-14(13)15/h3-12H,1-2H3. The minimum atomic E-state index is -0.120. The van der Waals surface area contributed by atoms with Gasteiger partial charge in [-0.1, -0.05) is 42.5 Å². The highest BCUT2D eigenvalue weighted by molar-refractivity contribution is 5.96. The zero-order valence-corrected chi connectivity index (χ0v) is 13.9. The Kier molecular flexibility index (Phi) is 3.65. The average molecular weight is 332 g/mol. The Morgan fingerprint density at radius 1 is 0.800 bits per heavy atom. The molecule has 3 aromatic carbocycles. The van der Waals surface area contributed by atoms with Crippen molar-refractivity contribution in [1.82, 2.24) is 0 Å². The number of hydrogen-bond acceptors (Lipinski definition) is 4. The predicted octanol–water partition coefficient (Wildman–Crippen LogP) is 4.63. The van der Waals surface area contributed by atoms with Crippen molar-refractivity contribution in [2.75, 3.05) is 14.2 Å². The monoisotopic (exact) mass is 332 g/mol. The van der Waals surface area contributed by atoms with Crippen LogP contribution in [-0.4, -0.2) is 14.2 Å². The summed E-state index contributed by atoms with van der Waals surface area (Å²) in [4.78, 5) is 12.6. The van der Waals surface area contributed by atoms with Crippen LogP contribution in [0.5, 0.6) is 11.5 Å². The third-order valence-electron chi connectivity index (χ3n) is 4.29. The number of ether oxygens (including phenoxy) is 2. The Balaban J connectivity index is 2.01. The molecule has 1 aromatic heterocycles. The van der Waals surface area contributed by atoms with Crippen LogP contribution >= 0.6 is 0 Å². The normalized spacial score (nSPS) is 11.0. The zero-order valence-electron chi connectivity index (χ0n) is 13.9. The highest BCUT2D eigenvalue weighted by Gasteiger charge is 2.13. The lowest BCUT2D eigenvalue weighted by Gasteiger charge is -2.10. The third kappa shape index (κ3) is 2.52. The topological polar surface area (TPSA) is 48.7 Å². The highest BCUT2D eigenvalue weighted by atomic mass is 16.5. The van der Waals surface area contributed by atoms with E-state index in [4.69, 9.17) is 13.9 Å². The molecule has 25 heavy (non-hydrogen) atoms. The van der Waals surface area contributed by atoms with Gasteiger partial charge in [0, 0.05) is 17.7 Å². The fourth-order valence-electron chi connectivity index (χ4n) is 3.06. The molecule has 0 atom stereocenters. The molecule has 0 saturated carbocycles. The molecule has 4 rings (SSSR count). The molecule has 0 saturated heterocycles. The molecule has 0 aliphatic heterocycles. The molecule has 0 fully saturated rings. The Bertz CT molecular complexity index is 1140. The molecule has 4 nitrogen and oxygen atoms in total. The smallest absolute Gasteiger partial charge is 0.193 e. The highest BCUT2D eigenvalue weighted by Crippen LogP contribution is 2.34. The number of hydrogen-bond donors (Lipinski definition) is 0. The number of rotatable bonds is 3. The molecule has 4 heteroatoms. The minimum absolute atomic E-state index is 0.120. The number of methoxy groups -OCH3 is 2. The SMILES string of the molecule is COc1cc2oc(-c3cccc4ccccc34)cc(=O)c2cc1OC.